The average molecular weight is 265 g/mol. The van der Waals surface area contributed by atoms with E-state index in [1.165, 1.54) is 0 Å². The lowest BCUT2D eigenvalue weighted by molar-refractivity contribution is 0.276. The molecule has 1 heterocycles. The lowest BCUT2D eigenvalue weighted by atomic mass is 10.0. The van der Waals surface area contributed by atoms with Gasteiger partial charge in [0.25, 0.3) is 0 Å². The average Bonchev–Trinajstić information content (AvgIpc) is 2.36. The van der Waals surface area contributed by atoms with Crippen LogP contribution in [0.2, 0.25) is 0 Å². The van der Waals surface area contributed by atoms with Crippen molar-refractivity contribution in [2.24, 2.45) is 5.92 Å². The van der Waals surface area contributed by atoms with Crippen LogP contribution in [0.3, 0.4) is 0 Å². The highest BCUT2D eigenvalue weighted by Crippen LogP contribution is 2.23. The Balaban J connectivity index is 2.99. The second-order valence-electron chi connectivity index (χ2n) is 5.96. The van der Waals surface area contributed by atoms with Gasteiger partial charge in [0, 0.05) is 19.0 Å². The van der Waals surface area contributed by atoms with Gasteiger partial charge in [0.1, 0.15) is 5.82 Å². The van der Waals surface area contributed by atoms with Gasteiger partial charge in [-0.15, -0.1) is 0 Å². The zero-order valence-electron chi connectivity index (χ0n) is 13.0. The minimum atomic E-state index is -0.0453. The number of nitrogens with zero attached hydrogens (tertiary/aromatic N) is 3. The summed E-state index contributed by atoms with van der Waals surface area (Å²) in [5.41, 5.74) is 1.65. The van der Waals surface area contributed by atoms with Crippen LogP contribution < -0.4 is 4.90 Å². The van der Waals surface area contributed by atoms with E-state index in [4.69, 9.17) is 0 Å². The van der Waals surface area contributed by atoms with Gasteiger partial charge in [-0.1, -0.05) is 27.7 Å². The zero-order valence-corrected chi connectivity index (χ0v) is 13.0. The number of rotatable bonds is 6. The highest BCUT2D eigenvalue weighted by molar-refractivity contribution is 5.49. The summed E-state index contributed by atoms with van der Waals surface area (Å²) in [5, 5.41) is 9.52. The Labute approximate surface area is 116 Å². The van der Waals surface area contributed by atoms with Crippen LogP contribution in [0.25, 0.3) is 0 Å². The maximum atomic E-state index is 9.52. The van der Waals surface area contributed by atoms with E-state index >= 15 is 0 Å². The summed E-state index contributed by atoms with van der Waals surface area (Å²) in [4.78, 5) is 11.0. The van der Waals surface area contributed by atoms with E-state index in [2.05, 4.69) is 49.5 Å². The summed E-state index contributed by atoms with van der Waals surface area (Å²) in [7, 11) is 2.04. The van der Waals surface area contributed by atoms with E-state index in [0.29, 0.717) is 12.0 Å². The van der Waals surface area contributed by atoms with Crippen molar-refractivity contribution in [1.29, 1.82) is 0 Å². The Morgan fingerprint density at radius 2 is 1.84 bits per heavy atom. The fraction of sp³-hybridized carbons (Fsp3) is 0.733. The van der Waals surface area contributed by atoms with Gasteiger partial charge in [-0.05, 0) is 19.3 Å². The minimum absolute atomic E-state index is 0.0453. The first kappa shape index (κ1) is 15.9. The molecule has 1 aromatic heterocycles. The van der Waals surface area contributed by atoms with E-state index in [-0.39, 0.29) is 12.5 Å². The van der Waals surface area contributed by atoms with Gasteiger partial charge in [0.15, 0.2) is 0 Å². The Bertz CT molecular complexity index is 404. The molecule has 0 aliphatic rings. The van der Waals surface area contributed by atoms with Gasteiger partial charge in [-0.2, -0.15) is 0 Å². The molecule has 0 aliphatic heterocycles. The predicted molar refractivity (Wildman–Crippen MR) is 79.4 cm³/mol. The number of aliphatic hydroxyl groups excluding tert-OH is 1. The number of aromatic nitrogens is 2. The normalized spacial score (nSPS) is 13.1. The van der Waals surface area contributed by atoms with Crippen LogP contribution in [0.4, 0.5) is 5.69 Å². The quantitative estimate of drug-likeness (QED) is 0.859. The van der Waals surface area contributed by atoms with Crippen molar-refractivity contribution in [3.8, 4) is 0 Å². The largest absolute Gasteiger partial charge is 0.390 e. The van der Waals surface area contributed by atoms with E-state index in [1.54, 1.807) is 0 Å². The van der Waals surface area contributed by atoms with Crippen molar-refractivity contribution in [2.75, 3.05) is 11.9 Å². The summed E-state index contributed by atoms with van der Waals surface area (Å²) in [5.74, 6) is 1.71. The Morgan fingerprint density at radius 3 is 2.32 bits per heavy atom. The van der Waals surface area contributed by atoms with Crippen molar-refractivity contribution in [3.05, 3.63) is 17.7 Å². The molecular weight excluding hydrogens is 238 g/mol. The van der Waals surface area contributed by atoms with Crippen molar-refractivity contribution < 1.29 is 5.11 Å². The summed E-state index contributed by atoms with van der Waals surface area (Å²) in [6, 6.07) is 0.402. The van der Waals surface area contributed by atoms with Crippen LogP contribution in [-0.2, 0) is 6.61 Å². The topological polar surface area (TPSA) is 49.2 Å². The first-order valence-corrected chi connectivity index (χ1v) is 7.06. The van der Waals surface area contributed by atoms with Gasteiger partial charge < -0.3 is 10.0 Å². The van der Waals surface area contributed by atoms with Gasteiger partial charge in [-0.25, -0.2) is 9.97 Å². The molecule has 0 spiro atoms. The molecule has 0 aromatic carbocycles. The van der Waals surface area contributed by atoms with Crippen LogP contribution in [0.1, 0.15) is 58.5 Å². The number of hydrogen-bond donors (Lipinski definition) is 1. The van der Waals surface area contributed by atoms with Crippen LogP contribution in [0, 0.1) is 5.92 Å². The molecule has 108 valence electrons. The highest BCUT2D eigenvalue weighted by atomic mass is 16.3. The lowest BCUT2D eigenvalue weighted by Gasteiger charge is -2.29. The molecule has 0 bridgehead atoms. The molecule has 0 fully saturated rings. The number of anilines is 1. The SMILES string of the molecule is CC(C)CC(C)N(C)c1cnc(C(C)C)nc1CO. The maximum Gasteiger partial charge on any atom is 0.131 e. The summed E-state index contributed by atoms with van der Waals surface area (Å²) < 4.78 is 0. The molecule has 1 unspecified atom stereocenters. The molecule has 1 aromatic rings. The number of aliphatic hydroxyl groups is 1. The molecule has 4 nitrogen and oxygen atoms in total. The molecular formula is C15H27N3O. The predicted octanol–water partition coefficient (Wildman–Crippen LogP) is 2.96. The van der Waals surface area contributed by atoms with Crippen LogP contribution in [0.15, 0.2) is 6.20 Å². The first-order valence-electron chi connectivity index (χ1n) is 7.06. The Kier molecular flexibility index (Phi) is 5.73. The molecule has 19 heavy (non-hydrogen) atoms. The second-order valence-corrected chi connectivity index (χ2v) is 5.96. The molecule has 4 heteroatoms. The monoisotopic (exact) mass is 265 g/mol. The first-order chi connectivity index (χ1) is 8.86. The molecule has 0 saturated heterocycles. The molecule has 0 amide bonds. The highest BCUT2D eigenvalue weighted by Gasteiger charge is 2.17. The lowest BCUT2D eigenvalue weighted by Crippen LogP contribution is -2.31. The van der Waals surface area contributed by atoms with Gasteiger partial charge in [-0.3, -0.25) is 0 Å². The third kappa shape index (κ3) is 4.16. The number of hydrogen-bond acceptors (Lipinski definition) is 4. The van der Waals surface area contributed by atoms with Gasteiger partial charge in [0.2, 0.25) is 0 Å². The van der Waals surface area contributed by atoms with E-state index < -0.39 is 0 Å². The van der Waals surface area contributed by atoms with Crippen LogP contribution >= 0.6 is 0 Å². The van der Waals surface area contributed by atoms with Gasteiger partial charge in [0.05, 0.1) is 24.2 Å². The van der Waals surface area contributed by atoms with Crippen LogP contribution in [-0.4, -0.2) is 28.2 Å². The second kappa shape index (κ2) is 6.85. The Hall–Kier alpha value is -1.16. The molecule has 1 N–H and O–H groups in total. The molecule has 1 rings (SSSR count). The fourth-order valence-corrected chi connectivity index (χ4v) is 2.19. The smallest absolute Gasteiger partial charge is 0.131 e. The third-order valence-corrected chi connectivity index (χ3v) is 3.38. The van der Waals surface area contributed by atoms with Crippen molar-refractivity contribution in [3.63, 3.8) is 0 Å². The minimum Gasteiger partial charge on any atom is -0.390 e. The van der Waals surface area contributed by atoms with Crippen molar-refractivity contribution in [1.82, 2.24) is 9.97 Å². The van der Waals surface area contributed by atoms with E-state index in [9.17, 15) is 5.11 Å². The summed E-state index contributed by atoms with van der Waals surface area (Å²) in [6.45, 7) is 10.7. The summed E-state index contributed by atoms with van der Waals surface area (Å²) >= 11 is 0. The standard InChI is InChI=1S/C15H27N3O/c1-10(2)7-12(5)18(6)14-8-16-15(11(3)4)17-13(14)9-19/h8,10-12,19H,7,9H2,1-6H3. The van der Waals surface area contributed by atoms with Crippen molar-refractivity contribution in [2.45, 2.75) is 59.6 Å². The molecule has 0 aliphatic carbocycles. The molecule has 0 radical (unpaired) electrons. The van der Waals surface area contributed by atoms with Crippen molar-refractivity contribution >= 4 is 5.69 Å². The summed E-state index contributed by atoms with van der Waals surface area (Å²) in [6.07, 6.45) is 2.94. The molecule has 0 saturated carbocycles. The zero-order chi connectivity index (χ0) is 14.6. The van der Waals surface area contributed by atoms with Crippen LogP contribution in [0.5, 0.6) is 0 Å². The van der Waals surface area contributed by atoms with E-state index in [1.807, 2.05) is 13.2 Å². The fourth-order valence-electron chi connectivity index (χ4n) is 2.19. The Morgan fingerprint density at radius 1 is 1.21 bits per heavy atom. The van der Waals surface area contributed by atoms with E-state index in [0.717, 1.165) is 23.6 Å². The van der Waals surface area contributed by atoms with Gasteiger partial charge >= 0.3 is 0 Å². The molecule has 1 atom stereocenters. The maximum absolute atomic E-state index is 9.52. The third-order valence-electron chi connectivity index (χ3n) is 3.38.